The van der Waals surface area contributed by atoms with Crippen LogP contribution in [0.1, 0.15) is 39.5 Å². The van der Waals surface area contributed by atoms with Gasteiger partial charge in [0.15, 0.2) is 0 Å². The molecule has 0 bridgehead atoms. The fraction of sp³-hybridized carbons (Fsp3) is 0.269. The number of piperidine rings is 1. The molecule has 0 saturated carbocycles. The summed E-state index contributed by atoms with van der Waals surface area (Å²) >= 11 is 7.58. The molecule has 5 rings (SSSR count). The zero-order chi connectivity index (χ0) is 23.7. The lowest BCUT2D eigenvalue weighted by Crippen LogP contribution is -2.42. The third-order valence-corrected chi connectivity index (χ3v) is 7.78. The Labute approximate surface area is 206 Å². The summed E-state index contributed by atoms with van der Waals surface area (Å²) in [5.41, 5.74) is 2.52. The lowest BCUT2D eigenvalue weighted by atomic mass is 10.0. The van der Waals surface area contributed by atoms with Gasteiger partial charge in [0, 0.05) is 25.6 Å². The molecule has 0 atom stereocenters. The van der Waals surface area contributed by atoms with E-state index in [0.29, 0.717) is 51.0 Å². The number of rotatable bonds is 5. The number of anilines is 1. The van der Waals surface area contributed by atoms with Crippen molar-refractivity contribution in [3.63, 3.8) is 0 Å². The number of nitrogens with zero attached hydrogens (tertiary/aromatic N) is 2. The van der Waals surface area contributed by atoms with Crippen LogP contribution in [0.4, 0.5) is 5.69 Å². The highest BCUT2D eigenvalue weighted by Crippen LogP contribution is 2.30. The standard InChI is InChI=1S/C26H25ClN4O2S/c1-16-22-24(32)29-21(15-17-7-3-2-4-8-17)30-25(22)34-23(16)26(33)31-13-11-18(12-14-31)28-20-10-6-5-9-19(20)27/h2-10,18,28H,11-15H2,1H3,(H,29,30,32). The third kappa shape index (κ3) is 4.58. The molecule has 1 aliphatic heterocycles. The molecular weight excluding hydrogens is 468 g/mol. The average Bonchev–Trinajstić information content (AvgIpc) is 3.18. The van der Waals surface area contributed by atoms with Crippen molar-refractivity contribution in [2.75, 3.05) is 18.4 Å². The Balaban J connectivity index is 1.31. The summed E-state index contributed by atoms with van der Waals surface area (Å²) in [5.74, 6) is 0.580. The molecule has 8 heteroatoms. The fourth-order valence-electron chi connectivity index (χ4n) is 4.43. The first-order valence-corrected chi connectivity index (χ1v) is 12.6. The second kappa shape index (κ2) is 9.60. The molecule has 2 N–H and O–H groups in total. The number of fused-ring (bicyclic) bond motifs is 1. The van der Waals surface area contributed by atoms with E-state index < -0.39 is 0 Å². The highest BCUT2D eigenvalue weighted by molar-refractivity contribution is 7.20. The molecule has 174 valence electrons. The Kier molecular flexibility index (Phi) is 6.39. The number of aromatic amines is 1. The van der Waals surface area contributed by atoms with Gasteiger partial charge >= 0.3 is 0 Å². The van der Waals surface area contributed by atoms with Crippen molar-refractivity contribution in [1.29, 1.82) is 0 Å². The van der Waals surface area contributed by atoms with E-state index >= 15 is 0 Å². The molecule has 1 aliphatic rings. The monoisotopic (exact) mass is 492 g/mol. The summed E-state index contributed by atoms with van der Waals surface area (Å²) < 4.78 is 0. The second-order valence-electron chi connectivity index (χ2n) is 8.60. The van der Waals surface area contributed by atoms with E-state index in [2.05, 4.69) is 15.3 Å². The third-order valence-electron chi connectivity index (χ3n) is 6.27. The van der Waals surface area contributed by atoms with Gasteiger partial charge in [-0.15, -0.1) is 11.3 Å². The summed E-state index contributed by atoms with van der Waals surface area (Å²) in [5, 5.41) is 4.71. The zero-order valence-corrected chi connectivity index (χ0v) is 20.4. The Morgan fingerprint density at radius 2 is 1.85 bits per heavy atom. The van der Waals surface area contributed by atoms with Crippen molar-refractivity contribution < 1.29 is 4.79 Å². The molecule has 0 unspecified atom stereocenters. The van der Waals surface area contributed by atoms with Gasteiger partial charge in [-0.05, 0) is 43.0 Å². The summed E-state index contributed by atoms with van der Waals surface area (Å²) in [6.45, 7) is 3.14. The number of halogens is 1. The molecule has 0 spiro atoms. The topological polar surface area (TPSA) is 78.1 Å². The van der Waals surface area contributed by atoms with Crippen molar-refractivity contribution in [3.05, 3.63) is 91.8 Å². The molecule has 1 fully saturated rings. The number of benzene rings is 2. The van der Waals surface area contributed by atoms with E-state index in [4.69, 9.17) is 11.6 Å². The molecule has 0 radical (unpaired) electrons. The lowest BCUT2D eigenvalue weighted by Gasteiger charge is -2.33. The van der Waals surface area contributed by atoms with Gasteiger partial charge in [-0.1, -0.05) is 54.1 Å². The quantitative estimate of drug-likeness (QED) is 0.398. The van der Waals surface area contributed by atoms with Gasteiger partial charge in [0.1, 0.15) is 10.7 Å². The van der Waals surface area contributed by atoms with Crippen LogP contribution in [0.2, 0.25) is 5.02 Å². The predicted octanol–water partition coefficient (Wildman–Crippen LogP) is 5.25. The number of aromatic nitrogens is 2. The van der Waals surface area contributed by atoms with E-state index in [1.54, 1.807) is 0 Å². The van der Waals surface area contributed by atoms with Crippen molar-refractivity contribution >= 4 is 44.7 Å². The van der Waals surface area contributed by atoms with Gasteiger partial charge in [0.25, 0.3) is 11.5 Å². The minimum Gasteiger partial charge on any atom is -0.381 e. The number of aryl methyl sites for hydroxylation is 1. The zero-order valence-electron chi connectivity index (χ0n) is 18.8. The fourth-order valence-corrected chi connectivity index (χ4v) is 5.79. The normalized spacial score (nSPS) is 14.5. The first-order valence-electron chi connectivity index (χ1n) is 11.4. The van der Waals surface area contributed by atoms with E-state index in [1.807, 2.05) is 66.4 Å². The average molecular weight is 493 g/mol. The first-order chi connectivity index (χ1) is 16.5. The van der Waals surface area contributed by atoms with Gasteiger partial charge in [-0.3, -0.25) is 9.59 Å². The number of likely N-dealkylation sites (tertiary alicyclic amines) is 1. The van der Waals surface area contributed by atoms with Gasteiger partial charge < -0.3 is 15.2 Å². The smallest absolute Gasteiger partial charge is 0.264 e. The maximum absolute atomic E-state index is 13.4. The molecule has 34 heavy (non-hydrogen) atoms. The molecular formula is C26H25ClN4O2S. The highest BCUT2D eigenvalue weighted by atomic mass is 35.5. The molecule has 0 aliphatic carbocycles. The number of nitrogens with one attached hydrogen (secondary N) is 2. The van der Waals surface area contributed by atoms with E-state index in [1.165, 1.54) is 11.3 Å². The number of hydrogen-bond acceptors (Lipinski definition) is 5. The van der Waals surface area contributed by atoms with Crippen LogP contribution >= 0.6 is 22.9 Å². The number of para-hydroxylation sites is 1. The molecule has 2 aromatic carbocycles. The van der Waals surface area contributed by atoms with E-state index in [-0.39, 0.29) is 17.5 Å². The number of carbonyl (C=O) groups excluding carboxylic acids is 1. The summed E-state index contributed by atoms with van der Waals surface area (Å²) in [6.07, 6.45) is 2.21. The van der Waals surface area contributed by atoms with Crippen LogP contribution in [0, 0.1) is 6.92 Å². The van der Waals surface area contributed by atoms with E-state index in [9.17, 15) is 9.59 Å². The number of thiophene rings is 1. The van der Waals surface area contributed by atoms with Crippen LogP contribution in [-0.4, -0.2) is 39.9 Å². The van der Waals surface area contributed by atoms with Gasteiger partial charge in [-0.2, -0.15) is 0 Å². The summed E-state index contributed by atoms with van der Waals surface area (Å²) in [6, 6.07) is 17.9. The van der Waals surface area contributed by atoms with Crippen molar-refractivity contribution in [2.45, 2.75) is 32.2 Å². The highest BCUT2D eigenvalue weighted by Gasteiger charge is 2.27. The predicted molar refractivity (Wildman–Crippen MR) is 138 cm³/mol. The summed E-state index contributed by atoms with van der Waals surface area (Å²) in [7, 11) is 0. The number of H-pyrrole nitrogens is 1. The van der Waals surface area contributed by atoms with Crippen LogP contribution in [0.5, 0.6) is 0 Å². The van der Waals surface area contributed by atoms with Crippen molar-refractivity contribution in [1.82, 2.24) is 14.9 Å². The van der Waals surface area contributed by atoms with Gasteiger partial charge in [0.05, 0.1) is 21.0 Å². The van der Waals surface area contributed by atoms with Crippen LogP contribution in [0.15, 0.2) is 59.4 Å². The molecule has 1 amide bonds. The Bertz CT molecular complexity index is 1390. The summed E-state index contributed by atoms with van der Waals surface area (Å²) in [4.78, 5) is 36.9. The molecule has 4 aromatic rings. The number of amides is 1. The van der Waals surface area contributed by atoms with Crippen LogP contribution in [0.3, 0.4) is 0 Å². The van der Waals surface area contributed by atoms with Crippen molar-refractivity contribution in [2.24, 2.45) is 0 Å². The van der Waals surface area contributed by atoms with Gasteiger partial charge in [-0.25, -0.2) is 4.98 Å². The molecule has 1 saturated heterocycles. The minimum absolute atomic E-state index is 0.0271. The Morgan fingerprint density at radius 3 is 2.59 bits per heavy atom. The Morgan fingerprint density at radius 1 is 1.15 bits per heavy atom. The SMILES string of the molecule is Cc1c(C(=O)N2CCC(Nc3ccccc3Cl)CC2)sc2nc(Cc3ccccc3)[nH]c(=O)c12. The lowest BCUT2D eigenvalue weighted by molar-refractivity contribution is 0.0723. The van der Waals surface area contributed by atoms with Crippen molar-refractivity contribution in [3.8, 4) is 0 Å². The maximum Gasteiger partial charge on any atom is 0.264 e. The minimum atomic E-state index is -0.189. The maximum atomic E-state index is 13.4. The number of hydrogen-bond donors (Lipinski definition) is 2. The first kappa shape index (κ1) is 22.6. The number of carbonyl (C=O) groups is 1. The van der Waals surface area contributed by atoms with Crippen LogP contribution < -0.4 is 10.9 Å². The molecule has 3 heterocycles. The second-order valence-corrected chi connectivity index (χ2v) is 10.0. The van der Waals surface area contributed by atoms with Gasteiger partial charge in [0.2, 0.25) is 0 Å². The molecule has 6 nitrogen and oxygen atoms in total. The van der Waals surface area contributed by atoms with Crippen LogP contribution in [-0.2, 0) is 6.42 Å². The Hall–Kier alpha value is -3.16. The van der Waals surface area contributed by atoms with E-state index in [0.717, 1.165) is 24.1 Å². The van der Waals surface area contributed by atoms with Crippen LogP contribution in [0.25, 0.3) is 10.2 Å². The largest absolute Gasteiger partial charge is 0.381 e. The molecule has 2 aromatic heterocycles.